The van der Waals surface area contributed by atoms with Gasteiger partial charge in [0, 0.05) is 6.07 Å². The third-order valence-electron chi connectivity index (χ3n) is 3.87. The monoisotopic (exact) mass is 499 g/mol. The smallest absolute Gasteiger partial charge is 0.460 e. The van der Waals surface area contributed by atoms with Gasteiger partial charge in [-0.1, -0.05) is 0 Å². The molecule has 0 bridgehead atoms. The summed E-state index contributed by atoms with van der Waals surface area (Å²) in [7, 11) is 1.86. The fourth-order valence-electron chi connectivity index (χ4n) is 2.02. The van der Waals surface area contributed by atoms with Crippen LogP contribution in [0.3, 0.4) is 0 Å². The normalized spacial score (nSPS) is 14.2. The van der Waals surface area contributed by atoms with Gasteiger partial charge in [-0.25, -0.2) is 0 Å². The molecule has 0 heterocycles. The van der Waals surface area contributed by atoms with Crippen molar-refractivity contribution in [2.45, 2.75) is 35.8 Å². The standard InChI is InChI=1S/C15H10F13NO3/c1-31-6-3-4-8(32-2)7(5-6)29-9(30)10(16,17)11(18,19)12(20,21)13(22,23)14(24,25)15(26,27)28/h3-5H,1-2H3,(H,29,30). The Morgan fingerprint density at radius 1 is 0.719 bits per heavy atom. The summed E-state index contributed by atoms with van der Waals surface area (Å²) in [6.45, 7) is 0. The summed E-state index contributed by atoms with van der Waals surface area (Å²) < 4.78 is 179. The summed E-state index contributed by atoms with van der Waals surface area (Å²) in [6.07, 6.45) is -7.54. The average molecular weight is 499 g/mol. The largest absolute Gasteiger partial charge is 0.497 e. The number of rotatable bonds is 8. The third kappa shape index (κ3) is 3.96. The van der Waals surface area contributed by atoms with Crippen molar-refractivity contribution in [3.8, 4) is 11.5 Å². The Balaban J connectivity index is 3.47. The third-order valence-corrected chi connectivity index (χ3v) is 3.87. The maximum atomic E-state index is 13.8. The Morgan fingerprint density at radius 3 is 1.59 bits per heavy atom. The van der Waals surface area contributed by atoms with Crippen molar-refractivity contribution in [3.05, 3.63) is 18.2 Å². The number of methoxy groups -OCH3 is 2. The lowest BCUT2D eigenvalue weighted by Crippen LogP contribution is -2.71. The van der Waals surface area contributed by atoms with Gasteiger partial charge in [-0.3, -0.25) is 4.79 Å². The Bertz CT molecular complexity index is 851. The second kappa shape index (κ2) is 8.06. The van der Waals surface area contributed by atoms with Crippen molar-refractivity contribution in [2.75, 3.05) is 19.5 Å². The molecule has 17 heteroatoms. The number of nitrogens with one attached hydrogen (secondary N) is 1. The van der Waals surface area contributed by atoms with Crippen LogP contribution in [0.1, 0.15) is 0 Å². The minimum Gasteiger partial charge on any atom is -0.497 e. The number of benzene rings is 1. The predicted molar refractivity (Wildman–Crippen MR) is 79.0 cm³/mol. The number of amides is 1. The molecule has 0 radical (unpaired) electrons. The molecule has 32 heavy (non-hydrogen) atoms. The molecule has 0 aliphatic carbocycles. The number of carbonyl (C=O) groups is 1. The summed E-state index contributed by atoms with van der Waals surface area (Å²) in [5.74, 6) is -43.0. The molecule has 1 aromatic rings. The van der Waals surface area contributed by atoms with Gasteiger partial charge < -0.3 is 14.8 Å². The van der Waals surface area contributed by atoms with Gasteiger partial charge in [-0.2, -0.15) is 57.1 Å². The lowest BCUT2D eigenvalue weighted by molar-refractivity contribution is -0.435. The molecule has 0 aliphatic rings. The average Bonchev–Trinajstić information content (AvgIpc) is 2.66. The maximum Gasteiger partial charge on any atom is 0.460 e. The van der Waals surface area contributed by atoms with Crippen LogP contribution in [-0.2, 0) is 4.79 Å². The van der Waals surface area contributed by atoms with Gasteiger partial charge in [-0.05, 0) is 12.1 Å². The van der Waals surface area contributed by atoms with Gasteiger partial charge in [-0.15, -0.1) is 0 Å². The highest BCUT2D eigenvalue weighted by molar-refractivity contribution is 5.98. The van der Waals surface area contributed by atoms with Crippen LogP contribution in [0.2, 0.25) is 0 Å². The number of ether oxygens (including phenoxy) is 2. The zero-order valence-corrected chi connectivity index (χ0v) is 15.4. The van der Waals surface area contributed by atoms with Crippen LogP contribution in [0.5, 0.6) is 11.5 Å². The maximum absolute atomic E-state index is 13.8. The molecule has 0 fully saturated rings. The Hall–Kier alpha value is -2.62. The van der Waals surface area contributed by atoms with E-state index >= 15 is 0 Å². The minimum atomic E-state index is -8.10. The Kier molecular flexibility index (Phi) is 6.90. The quantitative estimate of drug-likeness (QED) is 0.489. The number of hydrogen-bond donors (Lipinski definition) is 1. The van der Waals surface area contributed by atoms with Gasteiger partial charge in [0.1, 0.15) is 11.5 Å². The van der Waals surface area contributed by atoms with E-state index in [1.165, 1.54) is 0 Å². The Labute approximate surface area is 169 Å². The molecule has 1 rings (SSSR count). The zero-order chi connectivity index (χ0) is 25.6. The first kappa shape index (κ1) is 27.4. The van der Waals surface area contributed by atoms with Crippen LogP contribution >= 0.6 is 0 Å². The van der Waals surface area contributed by atoms with Crippen LogP contribution in [0, 0.1) is 0 Å². The molecule has 1 amide bonds. The molecule has 0 saturated carbocycles. The molecule has 184 valence electrons. The predicted octanol–water partition coefficient (Wildman–Crippen LogP) is 5.38. The van der Waals surface area contributed by atoms with Crippen LogP contribution in [0.4, 0.5) is 62.8 Å². The summed E-state index contributed by atoms with van der Waals surface area (Å²) in [5, 5.41) is 0.913. The van der Waals surface area contributed by atoms with Gasteiger partial charge >= 0.3 is 41.7 Å². The second-order valence-corrected chi connectivity index (χ2v) is 5.89. The van der Waals surface area contributed by atoms with Crippen molar-refractivity contribution in [1.82, 2.24) is 0 Å². The van der Waals surface area contributed by atoms with Gasteiger partial charge in [0.2, 0.25) is 0 Å². The van der Waals surface area contributed by atoms with E-state index < -0.39 is 53.1 Å². The van der Waals surface area contributed by atoms with E-state index in [0.717, 1.165) is 31.7 Å². The highest BCUT2D eigenvalue weighted by atomic mass is 19.4. The van der Waals surface area contributed by atoms with E-state index in [0.29, 0.717) is 6.07 Å². The second-order valence-electron chi connectivity index (χ2n) is 5.89. The van der Waals surface area contributed by atoms with E-state index in [9.17, 15) is 61.9 Å². The number of carbonyl (C=O) groups excluding carboxylic acids is 1. The highest BCUT2D eigenvalue weighted by Crippen LogP contribution is 2.60. The van der Waals surface area contributed by atoms with E-state index in [2.05, 4.69) is 9.47 Å². The molecule has 1 N–H and O–H groups in total. The first-order chi connectivity index (χ1) is 14.1. The van der Waals surface area contributed by atoms with Crippen molar-refractivity contribution >= 4 is 11.6 Å². The first-order valence-electron chi connectivity index (χ1n) is 7.62. The Morgan fingerprint density at radius 2 is 1.19 bits per heavy atom. The van der Waals surface area contributed by atoms with E-state index in [-0.39, 0.29) is 5.75 Å². The van der Waals surface area contributed by atoms with Crippen LogP contribution in [0.25, 0.3) is 0 Å². The van der Waals surface area contributed by atoms with E-state index in [4.69, 9.17) is 0 Å². The summed E-state index contributed by atoms with van der Waals surface area (Å²) in [4.78, 5) is 11.5. The number of halogens is 13. The topological polar surface area (TPSA) is 47.6 Å². The van der Waals surface area contributed by atoms with Gasteiger partial charge in [0.25, 0.3) is 0 Å². The molecule has 0 aromatic heterocycles. The lowest BCUT2D eigenvalue weighted by atomic mass is 9.93. The number of hydrogen-bond acceptors (Lipinski definition) is 3. The molecule has 0 unspecified atom stereocenters. The van der Waals surface area contributed by atoms with E-state index in [1.807, 2.05) is 0 Å². The zero-order valence-electron chi connectivity index (χ0n) is 15.4. The summed E-state index contributed by atoms with van der Waals surface area (Å²) >= 11 is 0. The molecule has 1 aromatic carbocycles. The van der Waals surface area contributed by atoms with Crippen LogP contribution in [-0.4, -0.2) is 55.9 Å². The molecular formula is C15H10F13NO3. The van der Waals surface area contributed by atoms with E-state index in [1.54, 1.807) is 0 Å². The van der Waals surface area contributed by atoms with Crippen molar-refractivity contribution in [2.24, 2.45) is 0 Å². The SMILES string of the molecule is COc1ccc(OC)c(NC(=O)C(F)(F)C(F)(F)C(F)(F)C(F)(F)C(F)(F)C(F)(F)F)c1. The molecule has 4 nitrogen and oxygen atoms in total. The fourth-order valence-corrected chi connectivity index (χ4v) is 2.02. The number of alkyl halides is 13. The highest BCUT2D eigenvalue weighted by Gasteiger charge is 2.91. The molecular weight excluding hydrogens is 489 g/mol. The van der Waals surface area contributed by atoms with Crippen molar-refractivity contribution in [1.29, 1.82) is 0 Å². The van der Waals surface area contributed by atoms with Crippen LogP contribution in [0.15, 0.2) is 18.2 Å². The molecule has 0 spiro atoms. The minimum absolute atomic E-state index is 0.252. The first-order valence-corrected chi connectivity index (χ1v) is 7.62. The van der Waals surface area contributed by atoms with Crippen LogP contribution < -0.4 is 14.8 Å². The molecule has 0 atom stereocenters. The fraction of sp³-hybridized carbons (Fsp3) is 0.533. The molecule has 0 aliphatic heterocycles. The van der Waals surface area contributed by atoms with Crippen molar-refractivity contribution in [3.63, 3.8) is 0 Å². The molecule has 0 saturated heterocycles. The lowest BCUT2D eigenvalue weighted by Gasteiger charge is -2.39. The number of anilines is 1. The summed E-state index contributed by atoms with van der Waals surface area (Å²) in [5.41, 5.74) is -0.956. The van der Waals surface area contributed by atoms with Gasteiger partial charge in [0.05, 0.1) is 19.9 Å². The summed E-state index contributed by atoms with van der Waals surface area (Å²) in [6, 6.07) is 2.59. The van der Waals surface area contributed by atoms with Gasteiger partial charge in [0.15, 0.2) is 0 Å². The van der Waals surface area contributed by atoms with Crippen molar-refractivity contribution < 1.29 is 71.3 Å².